The van der Waals surface area contributed by atoms with E-state index >= 15 is 0 Å². The number of benzene rings is 2. The van der Waals surface area contributed by atoms with Crippen LogP contribution in [-0.4, -0.2) is 95.2 Å². The van der Waals surface area contributed by atoms with Crippen LogP contribution in [-0.2, 0) is 9.47 Å². The standard InChI is InChI=1S/C16H17N5O.C10H11IN4O.C6H7BNO2/c17-12-3-1-11(2-4-12)14-9-13-15(20-14)18-10-19-16(13)21-5-7-22-8-6-21;11-8-5-7-9(14-8)12-6-13-10(7)15-1-3-16-4-2-15;8-5-1-3-6(4-2-5)10-7-9/h1-4,9-10H,5-8,17H2,(H,18,19,20);5-6H,1-4H2,(H,12,13,14);1-4,9H,8H2. The summed E-state index contributed by atoms with van der Waals surface area (Å²) in [6.07, 6.45) is 3.22. The Balaban J connectivity index is 0.000000135. The fourth-order valence-corrected chi connectivity index (χ4v) is 5.87. The van der Waals surface area contributed by atoms with Crippen molar-refractivity contribution in [3.63, 3.8) is 0 Å². The third-order valence-corrected chi connectivity index (χ3v) is 8.27. The maximum Gasteiger partial charge on any atom is 0.569 e. The maximum atomic E-state index is 8.21. The van der Waals surface area contributed by atoms with E-state index in [0.29, 0.717) is 19.1 Å². The van der Waals surface area contributed by atoms with Gasteiger partial charge in [0.05, 0.1) is 40.9 Å². The zero-order valence-corrected chi connectivity index (χ0v) is 28.2. The molecule has 2 saturated heterocycles. The van der Waals surface area contributed by atoms with E-state index in [9.17, 15) is 0 Å². The number of aromatic amines is 2. The Labute approximate surface area is 291 Å². The van der Waals surface area contributed by atoms with Crippen LogP contribution in [0.5, 0.6) is 5.75 Å². The number of H-pyrrole nitrogens is 2. The van der Waals surface area contributed by atoms with Crippen LogP contribution in [0.3, 0.4) is 0 Å². The number of hydrogen-bond donors (Lipinski definition) is 5. The average molecular weight is 761 g/mol. The minimum absolute atomic E-state index is 0.566. The van der Waals surface area contributed by atoms with Crippen molar-refractivity contribution in [2.24, 2.45) is 0 Å². The maximum absolute atomic E-state index is 8.21. The van der Waals surface area contributed by atoms with Gasteiger partial charge in [-0.25, -0.2) is 19.9 Å². The molecule has 6 aromatic rings. The summed E-state index contributed by atoms with van der Waals surface area (Å²) in [4.78, 5) is 28.5. The molecule has 0 unspecified atom stereocenters. The lowest BCUT2D eigenvalue weighted by Gasteiger charge is -2.27. The molecular weight excluding hydrogens is 726 g/mol. The monoisotopic (exact) mass is 761 g/mol. The number of rotatable bonds is 5. The van der Waals surface area contributed by atoms with E-state index in [1.54, 1.807) is 36.9 Å². The summed E-state index contributed by atoms with van der Waals surface area (Å²) < 4.78 is 16.5. The number of morpholine rings is 2. The zero-order valence-electron chi connectivity index (χ0n) is 26.1. The third kappa shape index (κ3) is 8.25. The highest BCUT2D eigenvalue weighted by Crippen LogP contribution is 2.29. The molecule has 0 saturated carbocycles. The van der Waals surface area contributed by atoms with Crippen LogP contribution >= 0.6 is 22.6 Å². The molecule has 2 aliphatic rings. The predicted molar refractivity (Wildman–Crippen MR) is 196 cm³/mol. The molecule has 1 radical (unpaired) electrons. The number of aromatic nitrogens is 6. The van der Waals surface area contributed by atoms with Crippen LogP contribution in [0.15, 0.2) is 73.3 Å². The topological polar surface area (TPSA) is 190 Å². The van der Waals surface area contributed by atoms with E-state index in [0.717, 1.165) is 107 Å². The van der Waals surface area contributed by atoms with Crippen molar-refractivity contribution < 1.29 is 19.2 Å². The van der Waals surface area contributed by atoms with Gasteiger partial charge in [0.2, 0.25) is 0 Å². The molecular formula is C32H35BIN10O4. The van der Waals surface area contributed by atoms with Crippen molar-refractivity contribution in [3.05, 3.63) is 77.0 Å². The van der Waals surface area contributed by atoms with Gasteiger partial charge in [-0.2, -0.15) is 0 Å². The molecule has 4 aromatic heterocycles. The molecule has 8 rings (SSSR count). The highest BCUT2D eigenvalue weighted by Gasteiger charge is 2.18. The Hall–Kier alpha value is -4.65. The van der Waals surface area contributed by atoms with E-state index in [2.05, 4.69) is 79.1 Å². The summed E-state index contributed by atoms with van der Waals surface area (Å²) in [5.74, 6) is 2.54. The highest BCUT2D eigenvalue weighted by molar-refractivity contribution is 14.1. The summed E-state index contributed by atoms with van der Waals surface area (Å²) in [6, 6.07) is 18.7. The molecule has 48 heavy (non-hydrogen) atoms. The van der Waals surface area contributed by atoms with Crippen molar-refractivity contribution in [1.82, 2.24) is 29.9 Å². The number of fused-ring (bicyclic) bond motifs is 2. The SMILES string of the molecule is Ic1cc2c(N3CCOCC3)ncnc2[nH]1.Nc1ccc(-c2cc3c(N4CCOCC4)ncnc3[nH]2)cc1.Nc1ccc(O[B]O)cc1. The van der Waals surface area contributed by atoms with Crippen LogP contribution in [0.2, 0.25) is 0 Å². The summed E-state index contributed by atoms with van der Waals surface area (Å²) in [6.45, 7) is 6.52. The molecule has 247 valence electrons. The summed E-state index contributed by atoms with van der Waals surface area (Å²) in [7, 11) is 0.630. The zero-order chi connectivity index (χ0) is 33.3. The predicted octanol–water partition coefficient (Wildman–Crippen LogP) is 3.62. The second kappa shape index (κ2) is 16.0. The Morgan fingerprint density at radius 3 is 1.75 bits per heavy atom. The normalized spacial score (nSPS) is 14.5. The van der Waals surface area contributed by atoms with Crippen molar-refractivity contribution in [1.29, 1.82) is 0 Å². The molecule has 2 aromatic carbocycles. The summed E-state index contributed by atoms with van der Waals surface area (Å²) >= 11 is 2.25. The first-order valence-corrected chi connectivity index (χ1v) is 16.4. The van der Waals surface area contributed by atoms with Gasteiger partial charge in [-0.1, -0.05) is 12.1 Å². The van der Waals surface area contributed by atoms with Crippen LogP contribution in [0.4, 0.5) is 23.0 Å². The van der Waals surface area contributed by atoms with Gasteiger partial charge in [0.25, 0.3) is 0 Å². The van der Waals surface area contributed by atoms with Crippen molar-refractivity contribution in [2.75, 3.05) is 73.9 Å². The van der Waals surface area contributed by atoms with E-state index < -0.39 is 0 Å². The minimum atomic E-state index is 0.566. The van der Waals surface area contributed by atoms with Gasteiger partial charge in [0.1, 0.15) is 41.3 Å². The molecule has 6 heterocycles. The molecule has 14 nitrogen and oxygen atoms in total. The van der Waals surface area contributed by atoms with Gasteiger partial charge in [0, 0.05) is 43.2 Å². The first-order valence-electron chi connectivity index (χ1n) is 15.3. The number of nitrogens with zero attached hydrogens (tertiary/aromatic N) is 6. The second-order valence-corrected chi connectivity index (χ2v) is 12.0. The second-order valence-electron chi connectivity index (χ2n) is 10.8. The first-order chi connectivity index (χ1) is 23.5. The number of nitrogens with one attached hydrogen (secondary N) is 2. The molecule has 0 aliphatic carbocycles. The molecule has 0 spiro atoms. The number of nitrogen functional groups attached to an aromatic ring is 2. The van der Waals surface area contributed by atoms with Crippen LogP contribution in [0.25, 0.3) is 33.3 Å². The molecule has 2 aliphatic heterocycles. The molecule has 2 fully saturated rings. The van der Waals surface area contributed by atoms with Crippen LogP contribution in [0, 0.1) is 3.70 Å². The fourth-order valence-electron chi connectivity index (χ4n) is 5.30. The lowest BCUT2D eigenvalue weighted by Crippen LogP contribution is -2.36. The van der Waals surface area contributed by atoms with Gasteiger partial charge in [-0.3, -0.25) is 0 Å². The smallest absolute Gasteiger partial charge is 0.537 e. The number of halogens is 1. The summed E-state index contributed by atoms with van der Waals surface area (Å²) in [5, 5.41) is 10.3. The van der Waals surface area contributed by atoms with Crippen molar-refractivity contribution in [2.45, 2.75) is 0 Å². The van der Waals surface area contributed by atoms with E-state index in [1.165, 1.54) is 0 Å². The van der Waals surface area contributed by atoms with Crippen LogP contribution < -0.4 is 25.9 Å². The lowest BCUT2D eigenvalue weighted by molar-refractivity contribution is 0.122. The van der Waals surface area contributed by atoms with Gasteiger partial charge < -0.3 is 50.4 Å². The minimum Gasteiger partial charge on any atom is -0.537 e. The lowest BCUT2D eigenvalue weighted by atomic mass is 10.1. The number of anilines is 4. The first kappa shape index (κ1) is 33.3. The van der Waals surface area contributed by atoms with Gasteiger partial charge in [-0.05, 0) is 76.7 Å². The highest BCUT2D eigenvalue weighted by atomic mass is 127. The average Bonchev–Trinajstić information content (AvgIpc) is 3.74. The summed E-state index contributed by atoms with van der Waals surface area (Å²) in [5.41, 5.74) is 16.4. The fraction of sp³-hybridized carbons (Fsp3) is 0.250. The molecule has 0 bridgehead atoms. The van der Waals surface area contributed by atoms with E-state index in [4.69, 9.17) is 26.0 Å². The van der Waals surface area contributed by atoms with Gasteiger partial charge in [0.15, 0.2) is 0 Å². The van der Waals surface area contributed by atoms with Crippen molar-refractivity contribution >= 4 is 75.4 Å². The number of hydrogen-bond acceptors (Lipinski definition) is 12. The van der Waals surface area contributed by atoms with Gasteiger partial charge >= 0.3 is 7.69 Å². The Morgan fingerprint density at radius 2 is 1.21 bits per heavy atom. The Bertz CT molecular complexity index is 1910. The Kier molecular flexibility index (Phi) is 11.1. The molecule has 0 amide bonds. The van der Waals surface area contributed by atoms with Crippen molar-refractivity contribution in [3.8, 4) is 17.0 Å². The third-order valence-electron chi connectivity index (χ3n) is 7.69. The Morgan fingerprint density at radius 1 is 0.708 bits per heavy atom. The van der Waals surface area contributed by atoms with E-state index in [-0.39, 0.29) is 0 Å². The molecule has 7 N–H and O–H groups in total. The number of ether oxygens (including phenoxy) is 2. The van der Waals surface area contributed by atoms with Crippen LogP contribution in [0.1, 0.15) is 0 Å². The molecule has 0 atom stereocenters. The quantitative estimate of drug-likeness (QED) is 0.0977. The van der Waals surface area contributed by atoms with Gasteiger partial charge in [-0.15, -0.1) is 0 Å². The largest absolute Gasteiger partial charge is 0.569 e. The van der Waals surface area contributed by atoms with E-state index in [1.807, 2.05) is 24.3 Å². The number of nitrogens with two attached hydrogens (primary N) is 2. The molecule has 16 heteroatoms.